The van der Waals surface area contributed by atoms with Gasteiger partial charge >= 0.3 is 0 Å². The molecule has 1 aromatic carbocycles. The summed E-state index contributed by atoms with van der Waals surface area (Å²) in [5.74, 6) is 0. The van der Waals surface area contributed by atoms with E-state index in [4.69, 9.17) is 4.74 Å². The summed E-state index contributed by atoms with van der Waals surface area (Å²) >= 11 is 3.46. The zero-order valence-electron chi connectivity index (χ0n) is 11.4. The van der Waals surface area contributed by atoms with Gasteiger partial charge in [0, 0.05) is 30.7 Å². The number of likely N-dealkylation sites (N-methyl/N-ethyl adjacent to an activating group) is 2. The van der Waals surface area contributed by atoms with Crippen molar-refractivity contribution in [1.82, 2.24) is 10.2 Å². The first kappa shape index (κ1) is 15.6. The van der Waals surface area contributed by atoms with Crippen molar-refractivity contribution in [2.45, 2.75) is 19.5 Å². The molecule has 0 amide bonds. The Bertz CT molecular complexity index is 329. The Hall–Kier alpha value is -0.420. The molecule has 0 spiro atoms. The Morgan fingerprint density at radius 2 is 2.00 bits per heavy atom. The molecular weight excluding hydrogens is 292 g/mol. The van der Waals surface area contributed by atoms with Crippen molar-refractivity contribution in [3.8, 4) is 0 Å². The minimum Gasteiger partial charge on any atom is -0.383 e. The van der Waals surface area contributed by atoms with Crippen LogP contribution < -0.4 is 5.32 Å². The maximum absolute atomic E-state index is 5.29. The lowest BCUT2D eigenvalue weighted by Crippen LogP contribution is -2.42. The lowest BCUT2D eigenvalue weighted by atomic mass is 10.2. The van der Waals surface area contributed by atoms with Crippen LogP contribution in [0.25, 0.3) is 0 Å². The van der Waals surface area contributed by atoms with Gasteiger partial charge < -0.3 is 10.1 Å². The molecule has 0 bridgehead atoms. The molecule has 0 heterocycles. The summed E-state index contributed by atoms with van der Waals surface area (Å²) in [5.41, 5.74) is 1.32. The zero-order chi connectivity index (χ0) is 13.4. The zero-order valence-corrected chi connectivity index (χ0v) is 13.0. The normalized spacial score (nSPS) is 12.9. The van der Waals surface area contributed by atoms with Crippen LogP contribution in [0.15, 0.2) is 28.7 Å². The van der Waals surface area contributed by atoms with E-state index in [0.717, 1.165) is 30.7 Å². The first-order valence-corrected chi connectivity index (χ1v) is 7.11. The molecule has 0 aliphatic rings. The molecule has 0 radical (unpaired) electrons. The molecule has 1 N–H and O–H groups in total. The lowest BCUT2D eigenvalue weighted by Gasteiger charge is -2.27. The van der Waals surface area contributed by atoms with Crippen molar-refractivity contribution in [1.29, 1.82) is 0 Å². The van der Waals surface area contributed by atoms with Crippen LogP contribution in [-0.4, -0.2) is 44.8 Å². The number of halogens is 1. The van der Waals surface area contributed by atoms with Gasteiger partial charge in [-0.3, -0.25) is 4.90 Å². The number of nitrogens with one attached hydrogen (secondary N) is 1. The molecule has 1 aromatic rings. The standard InChI is InChI=1S/C14H23BrN2O/c1-4-16-9-14(11-18-3)17(2)10-12-5-7-13(15)8-6-12/h5-8,14,16H,4,9-11H2,1-3H3. The fourth-order valence-electron chi connectivity index (χ4n) is 1.85. The molecule has 1 atom stereocenters. The van der Waals surface area contributed by atoms with Crippen LogP contribution >= 0.6 is 15.9 Å². The van der Waals surface area contributed by atoms with Gasteiger partial charge in [-0.05, 0) is 31.3 Å². The van der Waals surface area contributed by atoms with Gasteiger partial charge in [-0.1, -0.05) is 35.0 Å². The molecule has 0 aliphatic heterocycles. The molecule has 0 aliphatic carbocycles. The van der Waals surface area contributed by atoms with E-state index in [9.17, 15) is 0 Å². The van der Waals surface area contributed by atoms with Gasteiger partial charge in [0.05, 0.1) is 6.61 Å². The smallest absolute Gasteiger partial charge is 0.0630 e. The fourth-order valence-corrected chi connectivity index (χ4v) is 2.12. The third-order valence-electron chi connectivity index (χ3n) is 2.96. The van der Waals surface area contributed by atoms with Gasteiger partial charge in [-0.25, -0.2) is 0 Å². The minimum atomic E-state index is 0.401. The number of hydrogen-bond donors (Lipinski definition) is 1. The molecule has 0 fully saturated rings. The highest BCUT2D eigenvalue weighted by Crippen LogP contribution is 2.12. The Morgan fingerprint density at radius 3 is 2.56 bits per heavy atom. The molecule has 102 valence electrons. The van der Waals surface area contributed by atoms with Crippen LogP contribution in [0.3, 0.4) is 0 Å². The molecule has 0 saturated carbocycles. The van der Waals surface area contributed by atoms with Crippen molar-refractivity contribution in [2.24, 2.45) is 0 Å². The summed E-state index contributed by atoms with van der Waals surface area (Å²) in [6, 6.07) is 8.87. The van der Waals surface area contributed by atoms with Gasteiger partial charge in [0.25, 0.3) is 0 Å². The van der Waals surface area contributed by atoms with Crippen molar-refractivity contribution >= 4 is 15.9 Å². The van der Waals surface area contributed by atoms with Crippen LogP contribution in [0.4, 0.5) is 0 Å². The van der Waals surface area contributed by atoms with E-state index in [-0.39, 0.29) is 0 Å². The Morgan fingerprint density at radius 1 is 1.33 bits per heavy atom. The first-order valence-electron chi connectivity index (χ1n) is 6.31. The third-order valence-corrected chi connectivity index (χ3v) is 3.49. The number of ether oxygens (including phenoxy) is 1. The monoisotopic (exact) mass is 314 g/mol. The minimum absolute atomic E-state index is 0.401. The van der Waals surface area contributed by atoms with E-state index < -0.39 is 0 Å². The van der Waals surface area contributed by atoms with Gasteiger partial charge in [0.1, 0.15) is 0 Å². The quantitative estimate of drug-likeness (QED) is 0.798. The van der Waals surface area contributed by atoms with E-state index in [1.165, 1.54) is 5.56 Å². The molecule has 3 nitrogen and oxygen atoms in total. The molecule has 1 rings (SSSR count). The van der Waals surface area contributed by atoms with Crippen LogP contribution in [0.5, 0.6) is 0 Å². The number of hydrogen-bond acceptors (Lipinski definition) is 3. The number of benzene rings is 1. The summed E-state index contributed by atoms with van der Waals surface area (Å²) in [5, 5.41) is 3.38. The highest BCUT2D eigenvalue weighted by Gasteiger charge is 2.14. The predicted molar refractivity (Wildman–Crippen MR) is 79.8 cm³/mol. The highest BCUT2D eigenvalue weighted by atomic mass is 79.9. The topological polar surface area (TPSA) is 24.5 Å². The Balaban J connectivity index is 2.53. The van der Waals surface area contributed by atoms with Crippen molar-refractivity contribution < 1.29 is 4.74 Å². The van der Waals surface area contributed by atoms with Gasteiger partial charge in [0.15, 0.2) is 0 Å². The average Bonchev–Trinajstić information content (AvgIpc) is 2.37. The summed E-state index contributed by atoms with van der Waals surface area (Å²) in [6.45, 7) is 5.76. The molecule has 18 heavy (non-hydrogen) atoms. The second-order valence-corrected chi connectivity index (χ2v) is 5.37. The fraction of sp³-hybridized carbons (Fsp3) is 0.571. The summed E-state index contributed by atoms with van der Waals surface area (Å²) < 4.78 is 6.41. The SMILES string of the molecule is CCNCC(COC)N(C)Cc1ccc(Br)cc1. The molecule has 0 aromatic heterocycles. The second kappa shape index (κ2) is 8.64. The molecular formula is C14H23BrN2O. The summed E-state index contributed by atoms with van der Waals surface area (Å²) in [7, 11) is 3.90. The van der Waals surface area contributed by atoms with E-state index in [1.54, 1.807) is 7.11 Å². The van der Waals surface area contributed by atoms with Crippen molar-refractivity contribution in [2.75, 3.05) is 33.9 Å². The maximum Gasteiger partial charge on any atom is 0.0630 e. The largest absolute Gasteiger partial charge is 0.383 e. The molecule has 4 heteroatoms. The van der Waals surface area contributed by atoms with Gasteiger partial charge in [0.2, 0.25) is 0 Å². The molecule has 0 saturated heterocycles. The van der Waals surface area contributed by atoms with Gasteiger partial charge in [-0.15, -0.1) is 0 Å². The Kier molecular flexibility index (Phi) is 7.51. The lowest BCUT2D eigenvalue weighted by molar-refractivity contribution is 0.102. The van der Waals surface area contributed by atoms with Crippen molar-refractivity contribution in [3.63, 3.8) is 0 Å². The highest BCUT2D eigenvalue weighted by molar-refractivity contribution is 9.10. The number of rotatable bonds is 8. The third kappa shape index (κ3) is 5.48. The van der Waals surface area contributed by atoms with E-state index >= 15 is 0 Å². The first-order chi connectivity index (χ1) is 8.67. The van der Waals surface area contributed by atoms with Crippen LogP contribution in [-0.2, 0) is 11.3 Å². The predicted octanol–water partition coefficient (Wildman–Crippen LogP) is 2.51. The van der Waals surface area contributed by atoms with E-state index in [2.05, 4.69) is 64.4 Å². The average molecular weight is 315 g/mol. The number of nitrogens with zero attached hydrogens (tertiary/aromatic N) is 1. The van der Waals surface area contributed by atoms with Crippen LogP contribution in [0.2, 0.25) is 0 Å². The second-order valence-electron chi connectivity index (χ2n) is 4.46. The maximum atomic E-state index is 5.29. The van der Waals surface area contributed by atoms with Crippen LogP contribution in [0, 0.1) is 0 Å². The summed E-state index contributed by atoms with van der Waals surface area (Å²) in [6.07, 6.45) is 0. The van der Waals surface area contributed by atoms with Crippen molar-refractivity contribution in [3.05, 3.63) is 34.3 Å². The van der Waals surface area contributed by atoms with Crippen LogP contribution in [0.1, 0.15) is 12.5 Å². The Labute approximate surface area is 119 Å². The molecule has 1 unspecified atom stereocenters. The number of methoxy groups -OCH3 is 1. The van der Waals surface area contributed by atoms with E-state index in [0.29, 0.717) is 6.04 Å². The van der Waals surface area contributed by atoms with Gasteiger partial charge in [-0.2, -0.15) is 0 Å². The summed E-state index contributed by atoms with van der Waals surface area (Å²) in [4.78, 5) is 2.33. The van der Waals surface area contributed by atoms with E-state index in [1.807, 2.05) is 0 Å².